The Morgan fingerprint density at radius 1 is 1.26 bits per heavy atom. The first-order valence-electron chi connectivity index (χ1n) is 6.67. The molecule has 2 rings (SSSR count). The van der Waals surface area contributed by atoms with Crippen molar-refractivity contribution < 1.29 is 0 Å². The van der Waals surface area contributed by atoms with Crippen LogP contribution in [0, 0.1) is 6.92 Å². The predicted molar refractivity (Wildman–Crippen MR) is 76.6 cm³/mol. The van der Waals surface area contributed by atoms with Crippen LogP contribution in [-0.4, -0.2) is 20.2 Å². The maximum absolute atomic E-state index is 6.10. The van der Waals surface area contributed by atoms with E-state index in [4.69, 9.17) is 5.73 Å². The minimum Gasteiger partial charge on any atom is -0.398 e. The number of rotatable bonds is 4. The molecule has 0 spiro atoms. The second kappa shape index (κ2) is 4.99. The first-order chi connectivity index (χ1) is 9.03. The number of hydrogen-bond donors (Lipinski definition) is 1. The van der Waals surface area contributed by atoms with Gasteiger partial charge in [0, 0.05) is 11.3 Å². The molecule has 1 aromatic carbocycles. The van der Waals surface area contributed by atoms with Gasteiger partial charge in [0.25, 0.3) is 0 Å². The van der Waals surface area contributed by atoms with Crippen LogP contribution >= 0.6 is 0 Å². The number of benzene rings is 1. The maximum atomic E-state index is 6.10. The zero-order chi connectivity index (χ0) is 14.0. The van der Waals surface area contributed by atoms with Gasteiger partial charge in [0.15, 0.2) is 5.82 Å². The lowest BCUT2D eigenvalue weighted by Gasteiger charge is -2.28. The Kier molecular flexibility index (Phi) is 3.55. The van der Waals surface area contributed by atoms with E-state index in [2.05, 4.69) is 36.3 Å². The molecule has 0 fully saturated rings. The highest BCUT2D eigenvalue weighted by Gasteiger charge is 2.28. The van der Waals surface area contributed by atoms with Gasteiger partial charge in [0.1, 0.15) is 0 Å². The van der Waals surface area contributed by atoms with Gasteiger partial charge in [-0.2, -0.15) is 0 Å². The molecule has 19 heavy (non-hydrogen) atoms. The monoisotopic (exact) mass is 259 g/mol. The molecule has 5 heteroatoms. The number of nitrogens with two attached hydrogens (primary N) is 1. The van der Waals surface area contributed by atoms with E-state index in [9.17, 15) is 0 Å². The number of tetrazole rings is 1. The van der Waals surface area contributed by atoms with Gasteiger partial charge in [-0.1, -0.05) is 26.0 Å². The molecule has 0 atom stereocenters. The Hall–Kier alpha value is -1.91. The van der Waals surface area contributed by atoms with E-state index in [1.54, 1.807) is 0 Å². The minimum atomic E-state index is -0.0897. The van der Waals surface area contributed by atoms with E-state index in [1.807, 2.05) is 29.8 Å². The van der Waals surface area contributed by atoms with Crippen molar-refractivity contribution in [2.75, 3.05) is 5.73 Å². The second-order valence-electron chi connectivity index (χ2n) is 5.16. The summed E-state index contributed by atoms with van der Waals surface area (Å²) in [5.74, 6) is 0.752. The summed E-state index contributed by atoms with van der Waals surface area (Å²) in [4.78, 5) is 0. The zero-order valence-electron chi connectivity index (χ0n) is 12.0. The standard InChI is InChI=1S/C14H21N5/c1-5-14(4,6-2)19-13(16-17-18-19)12-10(3)8-7-9-11(12)15/h7-9H,5-6,15H2,1-4H3. The molecule has 2 N–H and O–H groups in total. The van der Waals surface area contributed by atoms with Crippen LogP contribution < -0.4 is 5.73 Å². The van der Waals surface area contributed by atoms with Gasteiger partial charge < -0.3 is 5.73 Å². The van der Waals surface area contributed by atoms with Crippen LogP contribution in [0.2, 0.25) is 0 Å². The third-order valence-electron chi connectivity index (χ3n) is 4.03. The molecular formula is C14H21N5. The van der Waals surface area contributed by atoms with E-state index >= 15 is 0 Å². The first kappa shape index (κ1) is 13.5. The number of nitrogen functional groups attached to an aromatic ring is 1. The van der Waals surface area contributed by atoms with Crippen molar-refractivity contribution in [1.82, 2.24) is 20.2 Å². The van der Waals surface area contributed by atoms with Crippen molar-refractivity contribution in [3.63, 3.8) is 0 Å². The highest BCUT2D eigenvalue weighted by atomic mass is 15.6. The van der Waals surface area contributed by atoms with Crippen LogP contribution in [-0.2, 0) is 5.54 Å². The quantitative estimate of drug-likeness (QED) is 0.857. The number of aryl methyl sites for hydroxylation is 1. The summed E-state index contributed by atoms with van der Waals surface area (Å²) in [6.07, 6.45) is 1.93. The Bertz CT molecular complexity index is 549. The number of nitrogens with zero attached hydrogens (tertiary/aromatic N) is 4. The molecule has 0 radical (unpaired) electrons. The van der Waals surface area contributed by atoms with Crippen LogP contribution in [0.25, 0.3) is 11.4 Å². The molecule has 0 saturated heterocycles. The van der Waals surface area contributed by atoms with E-state index < -0.39 is 0 Å². The van der Waals surface area contributed by atoms with Gasteiger partial charge in [0.05, 0.1) is 5.54 Å². The lowest BCUT2D eigenvalue weighted by molar-refractivity contribution is 0.262. The summed E-state index contributed by atoms with van der Waals surface area (Å²) in [7, 11) is 0. The lowest BCUT2D eigenvalue weighted by Crippen LogP contribution is -2.30. The molecular weight excluding hydrogens is 238 g/mol. The Balaban J connectivity index is 2.63. The van der Waals surface area contributed by atoms with Crippen LogP contribution in [0.3, 0.4) is 0 Å². The first-order valence-corrected chi connectivity index (χ1v) is 6.67. The van der Waals surface area contributed by atoms with Crippen LogP contribution in [0.5, 0.6) is 0 Å². The van der Waals surface area contributed by atoms with Crippen molar-refractivity contribution in [2.45, 2.75) is 46.1 Å². The van der Waals surface area contributed by atoms with Gasteiger partial charge in [-0.15, -0.1) is 5.10 Å². The van der Waals surface area contributed by atoms with Gasteiger partial charge in [0.2, 0.25) is 0 Å². The van der Waals surface area contributed by atoms with Gasteiger partial charge in [-0.3, -0.25) is 0 Å². The average Bonchev–Trinajstić information content (AvgIpc) is 2.87. The molecule has 0 amide bonds. The average molecular weight is 259 g/mol. The third-order valence-corrected chi connectivity index (χ3v) is 4.03. The number of aromatic nitrogens is 4. The fraction of sp³-hybridized carbons (Fsp3) is 0.500. The van der Waals surface area contributed by atoms with E-state index in [1.165, 1.54) is 0 Å². The fourth-order valence-electron chi connectivity index (χ4n) is 2.25. The molecule has 0 unspecified atom stereocenters. The predicted octanol–water partition coefficient (Wildman–Crippen LogP) is 2.77. The summed E-state index contributed by atoms with van der Waals surface area (Å²) in [5.41, 5.74) is 8.74. The summed E-state index contributed by atoms with van der Waals surface area (Å²) >= 11 is 0. The Morgan fingerprint density at radius 2 is 1.95 bits per heavy atom. The smallest absolute Gasteiger partial charge is 0.184 e. The summed E-state index contributed by atoms with van der Waals surface area (Å²) in [6.45, 7) is 8.49. The zero-order valence-corrected chi connectivity index (χ0v) is 12.0. The van der Waals surface area contributed by atoms with Gasteiger partial charge in [-0.05, 0) is 48.7 Å². The second-order valence-corrected chi connectivity index (χ2v) is 5.16. The van der Waals surface area contributed by atoms with Crippen molar-refractivity contribution in [1.29, 1.82) is 0 Å². The van der Waals surface area contributed by atoms with E-state index in [0.717, 1.165) is 29.8 Å². The largest absolute Gasteiger partial charge is 0.398 e. The lowest BCUT2D eigenvalue weighted by atomic mass is 9.95. The van der Waals surface area contributed by atoms with E-state index in [-0.39, 0.29) is 5.54 Å². The molecule has 0 saturated carbocycles. The molecule has 0 aliphatic rings. The minimum absolute atomic E-state index is 0.0897. The Labute approximate surface area is 113 Å². The molecule has 102 valence electrons. The van der Waals surface area contributed by atoms with Crippen molar-refractivity contribution in [3.05, 3.63) is 23.8 Å². The molecule has 1 heterocycles. The maximum Gasteiger partial charge on any atom is 0.184 e. The molecule has 0 bridgehead atoms. The highest BCUT2D eigenvalue weighted by molar-refractivity contribution is 5.74. The van der Waals surface area contributed by atoms with Gasteiger partial charge in [-0.25, -0.2) is 4.68 Å². The SMILES string of the molecule is CCC(C)(CC)n1nnnc1-c1c(C)cccc1N. The molecule has 0 aliphatic carbocycles. The van der Waals surface area contributed by atoms with E-state index in [0.29, 0.717) is 5.69 Å². The van der Waals surface area contributed by atoms with Crippen molar-refractivity contribution >= 4 is 5.69 Å². The molecule has 0 aliphatic heterocycles. The van der Waals surface area contributed by atoms with Crippen LogP contribution in [0.15, 0.2) is 18.2 Å². The summed E-state index contributed by atoms with van der Waals surface area (Å²) in [5, 5.41) is 12.2. The summed E-state index contributed by atoms with van der Waals surface area (Å²) < 4.78 is 1.91. The summed E-state index contributed by atoms with van der Waals surface area (Å²) in [6, 6.07) is 5.86. The number of anilines is 1. The fourth-order valence-corrected chi connectivity index (χ4v) is 2.25. The topological polar surface area (TPSA) is 69.6 Å². The normalized spacial score (nSPS) is 11.8. The van der Waals surface area contributed by atoms with Crippen molar-refractivity contribution in [3.8, 4) is 11.4 Å². The molecule has 5 nitrogen and oxygen atoms in total. The molecule has 2 aromatic rings. The van der Waals surface area contributed by atoms with Crippen LogP contribution in [0.1, 0.15) is 39.2 Å². The Morgan fingerprint density at radius 3 is 2.53 bits per heavy atom. The third kappa shape index (κ3) is 2.20. The van der Waals surface area contributed by atoms with Gasteiger partial charge >= 0.3 is 0 Å². The van der Waals surface area contributed by atoms with Crippen LogP contribution in [0.4, 0.5) is 5.69 Å². The number of hydrogen-bond acceptors (Lipinski definition) is 4. The highest BCUT2D eigenvalue weighted by Crippen LogP contribution is 2.32. The molecule has 1 aromatic heterocycles. The van der Waals surface area contributed by atoms with Crippen molar-refractivity contribution in [2.24, 2.45) is 0 Å².